The minimum atomic E-state index is -0.264. The molecule has 0 bridgehead atoms. The summed E-state index contributed by atoms with van der Waals surface area (Å²) in [6, 6.07) is 0. The molecule has 8 atom stereocenters. The van der Waals surface area contributed by atoms with E-state index in [1.54, 1.807) is 5.57 Å². The van der Waals surface area contributed by atoms with Crippen molar-refractivity contribution in [2.45, 2.75) is 114 Å². The fraction of sp³-hybridized carbons (Fsp3) is 0.818. The van der Waals surface area contributed by atoms with Crippen LogP contribution >= 0.6 is 0 Å². The van der Waals surface area contributed by atoms with Crippen molar-refractivity contribution in [1.82, 2.24) is 0 Å². The molecule has 196 valence electrons. The zero-order valence-electron chi connectivity index (χ0n) is 24.4. The Morgan fingerprint density at radius 3 is 2.29 bits per heavy atom. The van der Waals surface area contributed by atoms with Gasteiger partial charge in [-0.15, -0.1) is 5.41 Å². The summed E-state index contributed by atoms with van der Waals surface area (Å²) in [6.07, 6.45) is 23.5. The number of hydrogen-bond acceptors (Lipinski definition) is 1. The van der Waals surface area contributed by atoms with Crippen molar-refractivity contribution in [3.05, 3.63) is 30.2 Å². The number of allylic oxidation sites excluding steroid dienone is 4. The first-order valence-electron chi connectivity index (χ1n) is 14.4. The maximum Gasteiger partial charge on any atom is 2.00 e. The zero-order valence-corrected chi connectivity index (χ0v) is 28.6. The molecule has 0 N–H and O–H groups in total. The average Bonchev–Trinajstić information content (AvgIpc) is 3.14. The van der Waals surface area contributed by atoms with E-state index in [1.165, 1.54) is 51.4 Å². The summed E-state index contributed by atoms with van der Waals surface area (Å²) < 4.78 is 0. The molecular formula is C33H54OU. The van der Waals surface area contributed by atoms with Gasteiger partial charge in [-0.2, -0.15) is 12.8 Å². The first-order valence-corrected chi connectivity index (χ1v) is 14.4. The maximum absolute atomic E-state index is 9.70. The van der Waals surface area contributed by atoms with Crippen LogP contribution in [-0.2, 0) is 4.79 Å². The van der Waals surface area contributed by atoms with E-state index in [4.69, 9.17) is 0 Å². The topological polar surface area (TPSA) is 17.1 Å². The molecule has 3 fully saturated rings. The van der Waals surface area contributed by atoms with E-state index in [9.17, 15) is 4.79 Å². The van der Waals surface area contributed by atoms with Crippen molar-refractivity contribution in [2.75, 3.05) is 0 Å². The Balaban J connectivity index is 0.000000552. The third-order valence-electron chi connectivity index (χ3n) is 10.6. The fourth-order valence-electron chi connectivity index (χ4n) is 8.09. The minimum Gasteiger partial charge on any atom is -0.541 e. The summed E-state index contributed by atoms with van der Waals surface area (Å²) in [5.74, 6) is 5.98. The number of hydrogen-bond donors (Lipinski definition) is 0. The number of carbonyl (C=O) groups excluding carboxylic acids is 1. The molecule has 4 aliphatic rings. The van der Waals surface area contributed by atoms with Gasteiger partial charge >= 0.3 is 31.1 Å². The second-order valence-electron chi connectivity index (χ2n) is 14.2. The number of fused-ring (bicyclic) bond motifs is 5. The molecule has 0 aromatic carbocycles. The van der Waals surface area contributed by atoms with Crippen LogP contribution in [0.5, 0.6) is 0 Å². The molecule has 1 nitrogen and oxygen atoms in total. The van der Waals surface area contributed by atoms with Crippen LogP contribution in [0.4, 0.5) is 0 Å². The molecule has 0 amide bonds. The van der Waals surface area contributed by atoms with Crippen LogP contribution in [0, 0.1) is 95.2 Å². The first-order chi connectivity index (χ1) is 15.8. The third-order valence-corrected chi connectivity index (χ3v) is 10.6. The molecule has 35 heavy (non-hydrogen) atoms. The quantitative estimate of drug-likeness (QED) is 0.211. The molecule has 0 aliphatic heterocycles. The van der Waals surface area contributed by atoms with Crippen LogP contribution in [0.1, 0.15) is 114 Å². The average molecular weight is 705 g/mol. The van der Waals surface area contributed by atoms with Crippen molar-refractivity contribution in [3.63, 3.8) is 0 Å². The van der Waals surface area contributed by atoms with Gasteiger partial charge in [0.05, 0.1) is 0 Å². The van der Waals surface area contributed by atoms with Crippen LogP contribution in [-0.4, -0.2) is 6.29 Å². The van der Waals surface area contributed by atoms with E-state index in [-0.39, 0.29) is 36.5 Å². The smallest absolute Gasteiger partial charge is 0.541 e. The normalized spacial score (nSPS) is 38.2. The summed E-state index contributed by atoms with van der Waals surface area (Å²) >= 11 is 0. The molecule has 2 heteroatoms. The molecule has 0 aromatic rings. The Kier molecular flexibility index (Phi) is 11.1. The molecule has 0 spiro atoms. The predicted octanol–water partition coefficient (Wildman–Crippen LogP) is 9.40. The summed E-state index contributed by atoms with van der Waals surface area (Å²) in [4.78, 5) is 9.70. The molecular weight excluding hydrogens is 650 g/mol. The molecule has 0 radical (unpaired) electrons. The van der Waals surface area contributed by atoms with E-state index >= 15 is 0 Å². The summed E-state index contributed by atoms with van der Waals surface area (Å²) in [6.45, 7) is 20.4. The van der Waals surface area contributed by atoms with Crippen molar-refractivity contribution in [1.29, 1.82) is 0 Å². The van der Waals surface area contributed by atoms with Crippen LogP contribution in [0.3, 0.4) is 0 Å². The molecule has 4 aliphatic carbocycles. The van der Waals surface area contributed by atoms with Crippen LogP contribution in [0.25, 0.3) is 0 Å². The Hall–Kier alpha value is 0.202. The summed E-state index contributed by atoms with van der Waals surface area (Å²) in [5.41, 5.74) is 2.64. The van der Waals surface area contributed by atoms with E-state index in [2.05, 4.69) is 66.2 Å². The van der Waals surface area contributed by atoms with Crippen LogP contribution in [0.2, 0.25) is 0 Å². The maximum atomic E-state index is 9.70. The van der Waals surface area contributed by atoms with Gasteiger partial charge in [0.15, 0.2) is 0 Å². The van der Waals surface area contributed by atoms with Gasteiger partial charge in [0, 0.05) is 0 Å². The van der Waals surface area contributed by atoms with E-state index in [0.717, 1.165) is 35.5 Å². The Bertz CT molecular complexity index is 758. The van der Waals surface area contributed by atoms with Crippen molar-refractivity contribution in [3.8, 4) is 0 Å². The van der Waals surface area contributed by atoms with Gasteiger partial charge < -0.3 is 11.2 Å². The molecule has 0 unspecified atom stereocenters. The van der Waals surface area contributed by atoms with Crippen molar-refractivity contribution < 1.29 is 35.9 Å². The molecule has 0 aromatic heterocycles. The largest absolute Gasteiger partial charge is 2.00 e. The molecule has 3 saturated carbocycles. The van der Waals surface area contributed by atoms with Gasteiger partial charge in [0.25, 0.3) is 0 Å². The third kappa shape index (κ3) is 6.80. The van der Waals surface area contributed by atoms with Crippen LogP contribution in [0.15, 0.2) is 23.8 Å². The second kappa shape index (κ2) is 12.4. The monoisotopic (exact) mass is 704 g/mol. The number of rotatable bonds is 4. The fourth-order valence-corrected chi connectivity index (χ4v) is 8.09. The SMILES string of the molecule is CC(C)(C)[C-]=O.CC(C)[C@H](C)/C=C/[C@@H](C)[C@H]1CC[C@H]2[C@@H]3CC=C4C[CH-]CC[C@]4(C)[C@H]3CC[C@]12C.[U+2]. The Labute approximate surface area is 242 Å². The van der Waals surface area contributed by atoms with Gasteiger partial charge in [-0.05, 0) is 84.4 Å². The first kappa shape index (κ1) is 31.4. The van der Waals surface area contributed by atoms with Crippen molar-refractivity contribution in [2.24, 2.45) is 57.7 Å². The zero-order chi connectivity index (χ0) is 25.3. The van der Waals surface area contributed by atoms with E-state index in [0.29, 0.717) is 16.7 Å². The summed E-state index contributed by atoms with van der Waals surface area (Å²) in [7, 11) is 0. The van der Waals surface area contributed by atoms with E-state index in [1.807, 2.05) is 27.1 Å². The molecule has 0 heterocycles. The van der Waals surface area contributed by atoms with Crippen LogP contribution < -0.4 is 0 Å². The molecule has 0 saturated heterocycles. The minimum absolute atomic E-state index is 0. The van der Waals surface area contributed by atoms with E-state index < -0.39 is 0 Å². The Morgan fingerprint density at radius 2 is 1.69 bits per heavy atom. The van der Waals surface area contributed by atoms with Gasteiger partial charge in [-0.3, -0.25) is 6.29 Å². The second-order valence-corrected chi connectivity index (χ2v) is 14.2. The molecule has 4 rings (SSSR count). The summed E-state index contributed by atoms with van der Waals surface area (Å²) in [5, 5.41) is 0. The van der Waals surface area contributed by atoms with Crippen molar-refractivity contribution >= 4 is 6.29 Å². The Morgan fingerprint density at radius 1 is 1.03 bits per heavy atom. The predicted molar refractivity (Wildman–Crippen MR) is 147 cm³/mol. The van der Waals surface area contributed by atoms with Gasteiger partial charge in [0.1, 0.15) is 0 Å². The van der Waals surface area contributed by atoms with Gasteiger partial charge in [0.2, 0.25) is 0 Å². The van der Waals surface area contributed by atoms with Gasteiger partial charge in [-0.25, -0.2) is 0 Å². The standard InChI is InChI=1S/C28H45.C5H9O.U/c1-19(2)20(3)10-11-21(4)24-14-15-25-23-13-12-22-9-7-8-17-27(22,5)26(23)16-18-28(24,25)6;1-5(2,3)4-6;/h7,10-12,19-21,23-26H,8-9,13-18H2,1-6H3;1-3H3;/q2*-1;+2/b11-10+;;/t20-,21-,23+,24-,25+,26+,27+,28-;;/m1../s1. The van der Waals surface area contributed by atoms with Gasteiger partial charge in [-0.1, -0.05) is 92.5 Å².